The number of carbonyl (C=O) groups is 2. The fourth-order valence-corrected chi connectivity index (χ4v) is 3.61. The first-order chi connectivity index (χ1) is 16.5. The second kappa shape index (κ2) is 12.4. The average Bonchev–Trinajstić information content (AvgIpc) is 3.35. The van der Waals surface area contributed by atoms with Gasteiger partial charge in [-0.15, -0.1) is 0 Å². The molecule has 0 fully saturated rings. The molecular formula is C23H24BrN5O5. The number of methoxy groups -OCH3 is 2. The molecule has 0 aliphatic carbocycles. The van der Waals surface area contributed by atoms with Crippen LogP contribution in [0.1, 0.15) is 16.8 Å². The summed E-state index contributed by atoms with van der Waals surface area (Å²) in [6, 6.07) is 11.8. The third kappa shape index (κ3) is 7.07. The predicted octanol–water partition coefficient (Wildman–Crippen LogP) is 3.18. The Balaban J connectivity index is 1.64. The van der Waals surface area contributed by atoms with Crippen LogP contribution in [0.5, 0.6) is 11.5 Å². The van der Waals surface area contributed by atoms with Crippen molar-refractivity contribution in [2.45, 2.75) is 19.1 Å². The highest BCUT2D eigenvalue weighted by molar-refractivity contribution is 9.10. The van der Waals surface area contributed by atoms with Crippen LogP contribution in [0.15, 0.2) is 64.6 Å². The molecule has 2 amide bonds. The lowest BCUT2D eigenvalue weighted by atomic mass is 10.1. The van der Waals surface area contributed by atoms with Crippen LogP contribution in [-0.4, -0.2) is 48.4 Å². The molecule has 10 nitrogen and oxygen atoms in total. The molecular weight excluding hydrogens is 506 g/mol. The molecule has 3 aromatic rings. The zero-order valence-electron chi connectivity index (χ0n) is 18.6. The molecule has 1 atom stereocenters. The topological polar surface area (TPSA) is 127 Å². The van der Waals surface area contributed by atoms with Crippen LogP contribution in [0, 0.1) is 0 Å². The van der Waals surface area contributed by atoms with Crippen LogP contribution in [-0.2, 0) is 22.6 Å². The number of aromatic nitrogens is 2. The first-order valence-electron chi connectivity index (χ1n) is 10.2. The van der Waals surface area contributed by atoms with Crippen molar-refractivity contribution in [2.24, 2.45) is 5.10 Å². The minimum atomic E-state index is -0.946. The first kappa shape index (κ1) is 24.8. The van der Waals surface area contributed by atoms with E-state index in [9.17, 15) is 9.59 Å². The van der Waals surface area contributed by atoms with Gasteiger partial charge in [-0.2, -0.15) is 5.10 Å². The Morgan fingerprint density at radius 2 is 2.00 bits per heavy atom. The standard InChI is InChI=1S/C23H24BrN5O5/c1-32-20-9-16(8-18(24)21(20)33-2)11-27-29-22(30)19(10-17-12-25-14-26-17)28-23(31)34-13-15-6-4-3-5-7-15/h3-9,11-12,14,19H,10,13H2,1-2H3,(H,25,26)(H,28,31)(H,29,30)/b27-11-/t19-/m0/s1. The van der Waals surface area contributed by atoms with Crippen molar-refractivity contribution in [1.82, 2.24) is 20.7 Å². The number of H-pyrrole nitrogens is 1. The number of carbonyl (C=O) groups excluding carboxylic acids is 2. The van der Waals surface area contributed by atoms with Gasteiger partial charge in [-0.1, -0.05) is 30.3 Å². The van der Waals surface area contributed by atoms with E-state index in [2.05, 4.69) is 41.7 Å². The van der Waals surface area contributed by atoms with Crippen molar-refractivity contribution in [3.63, 3.8) is 0 Å². The number of nitrogens with one attached hydrogen (secondary N) is 3. The third-order valence-electron chi connectivity index (χ3n) is 4.64. The van der Waals surface area contributed by atoms with Crippen LogP contribution >= 0.6 is 15.9 Å². The number of benzene rings is 2. The Morgan fingerprint density at radius 1 is 1.21 bits per heavy atom. The van der Waals surface area contributed by atoms with Gasteiger partial charge in [0.2, 0.25) is 0 Å². The second-order valence-corrected chi connectivity index (χ2v) is 7.87. The lowest BCUT2D eigenvalue weighted by Gasteiger charge is -2.16. The lowest BCUT2D eigenvalue weighted by molar-refractivity contribution is -0.123. The Morgan fingerprint density at radius 3 is 2.68 bits per heavy atom. The fourth-order valence-electron chi connectivity index (χ4n) is 2.99. The quantitative estimate of drug-likeness (QED) is 0.273. The van der Waals surface area contributed by atoms with Crippen LogP contribution in [0.4, 0.5) is 4.79 Å². The fraction of sp³-hybridized carbons (Fsp3) is 0.217. The average molecular weight is 530 g/mol. The van der Waals surface area contributed by atoms with Gasteiger partial charge in [-0.3, -0.25) is 4.79 Å². The van der Waals surface area contributed by atoms with Crippen LogP contribution in [0.3, 0.4) is 0 Å². The Bertz CT molecular complexity index is 1120. The summed E-state index contributed by atoms with van der Waals surface area (Å²) in [5, 5.41) is 6.58. The highest BCUT2D eigenvalue weighted by Gasteiger charge is 2.22. The summed E-state index contributed by atoms with van der Waals surface area (Å²) in [4.78, 5) is 31.9. The monoisotopic (exact) mass is 529 g/mol. The maximum atomic E-state index is 12.8. The van der Waals surface area contributed by atoms with E-state index in [-0.39, 0.29) is 13.0 Å². The van der Waals surface area contributed by atoms with E-state index in [1.54, 1.807) is 18.3 Å². The van der Waals surface area contributed by atoms with Gasteiger partial charge in [0.25, 0.3) is 5.91 Å². The number of alkyl carbamates (subject to hydrolysis) is 1. The predicted molar refractivity (Wildman–Crippen MR) is 129 cm³/mol. The van der Waals surface area contributed by atoms with Gasteiger partial charge in [0.15, 0.2) is 11.5 Å². The highest BCUT2D eigenvalue weighted by Crippen LogP contribution is 2.35. The van der Waals surface area contributed by atoms with E-state index >= 15 is 0 Å². The van der Waals surface area contributed by atoms with Gasteiger partial charge in [-0.25, -0.2) is 15.2 Å². The molecule has 0 saturated heterocycles. The van der Waals surface area contributed by atoms with E-state index in [0.717, 1.165) is 5.56 Å². The van der Waals surface area contributed by atoms with Crippen LogP contribution < -0.4 is 20.2 Å². The molecule has 3 rings (SSSR count). The first-order valence-corrected chi connectivity index (χ1v) is 11.0. The molecule has 0 spiro atoms. The summed E-state index contributed by atoms with van der Waals surface area (Å²) in [7, 11) is 3.06. The molecule has 0 aliphatic heterocycles. The minimum absolute atomic E-state index is 0.0808. The Labute approximate surface area is 204 Å². The molecule has 0 unspecified atom stereocenters. The van der Waals surface area contributed by atoms with Crippen molar-refractivity contribution in [3.8, 4) is 11.5 Å². The third-order valence-corrected chi connectivity index (χ3v) is 5.23. The van der Waals surface area contributed by atoms with Gasteiger partial charge in [0, 0.05) is 18.3 Å². The number of hydrogen-bond donors (Lipinski definition) is 3. The SMILES string of the molecule is COc1cc(/C=N\NC(=O)[C@H](Cc2cnc[nH]2)NC(=O)OCc2ccccc2)cc(Br)c1OC. The number of hydrogen-bond acceptors (Lipinski definition) is 7. The molecule has 178 valence electrons. The summed E-state index contributed by atoms with van der Waals surface area (Å²) < 4.78 is 16.5. The number of imidazole rings is 1. The van der Waals surface area contributed by atoms with Crippen LogP contribution in [0.2, 0.25) is 0 Å². The molecule has 11 heteroatoms. The van der Waals surface area contributed by atoms with Crippen molar-refractivity contribution in [2.75, 3.05) is 14.2 Å². The number of hydrazone groups is 1. The van der Waals surface area contributed by atoms with E-state index in [4.69, 9.17) is 14.2 Å². The van der Waals surface area contributed by atoms with Gasteiger partial charge >= 0.3 is 6.09 Å². The summed E-state index contributed by atoms with van der Waals surface area (Å²) in [5.74, 6) is 0.521. The zero-order valence-corrected chi connectivity index (χ0v) is 20.2. The molecule has 0 aliphatic rings. The number of rotatable bonds is 10. The van der Waals surface area contributed by atoms with Crippen molar-refractivity contribution >= 4 is 34.1 Å². The lowest BCUT2D eigenvalue weighted by Crippen LogP contribution is -2.47. The highest BCUT2D eigenvalue weighted by atomic mass is 79.9. The second-order valence-electron chi connectivity index (χ2n) is 7.01. The maximum absolute atomic E-state index is 12.8. The van der Waals surface area contributed by atoms with Crippen LogP contribution in [0.25, 0.3) is 0 Å². The molecule has 2 aromatic carbocycles. The number of ether oxygens (including phenoxy) is 3. The molecule has 3 N–H and O–H groups in total. The Kier molecular flexibility index (Phi) is 9.04. The van der Waals surface area contributed by atoms with E-state index in [1.807, 2.05) is 30.3 Å². The summed E-state index contributed by atoms with van der Waals surface area (Å²) in [6.07, 6.45) is 3.96. The molecule has 1 aromatic heterocycles. The van der Waals surface area contributed by atoms with Crippen molar-refractivity contribution in [3.05, 3.63) is 76.3 Å². The van der Waals surface area contributed by atoms with E-state index in [1.165, 1.54) is 26.8 Å². The zero-order chi connectivity index (χ0) is 24.3. The van der Waals surface area contributed by atoms with Gasteiger partial charge in [0.1, 0.15) is 12.6 Å². The summed E-state index contributed by atoms with van der Waals surface area (Å²) >= 11 is 3.41. The molecule has 1 heterocycles. The van der Waals surface area contributed by atoms with E-state index < -0.39 is 18.0 Å². The van der Waals surface area contributed by atoms with Crippen molar-refractivity contribution in [1.29, 1.82) is 0 Å². The summed E-state index contributed by atoms with van der Waals surface area (Å²) in [5.41, 5.74) is 4.60. The summed E-state index contributed by atoms with van der Waals surface area (Å²) in [6.45, 7) is 0.0808. The Hall–Kier alpha value is -3.86. The number of nitrogens with zero attached hydrogens (tertiary/aromatic N) is 2. The molecule has 0 bridgehead atoms. The smallest absolute Gasteiger partial charge is 0.408 e. The minimum Gasteiger partial charge on any atom is -0.493 e. The number of aromatic amines is 1. The van der Waals surface area contributed by atoms with Gasteiger partial charge < -0.3 is 24.5 Å². The number of amides is 2. The largest absolute Gasteiger partial charge is 0.493 e. The number of halogens is 1. The van der Waals surface area contributed by atoms with Crippen molar-refractivity contribution < 1.29 is 23.8 Å². The maximum Gasteiger partial charge on any atom is 0.408 e. The van der Waals surface area contributed by atoms with Gasteiger partial charge in [-0.05, 0) is 39.2 Å². The molecule has 0 saturated carbocycles. The normalized spacial score (nSPS) is 11.6. The van der Waals surface area contributed by atoms with Gasteiger partial charge in [0.05, 0.1) is 31.2 Å². The molecule has 0 radical (unpaired) electrons. The molecule has 34 heavy (non-hydrogen) atoms. The van der Waals surface area contributed by atoms with E-state index in [0.29, 0.717) is 27.2 Å².